The van der Waals surface area contributed by atoms with Crippen molar-refractivity contribution in [1.29, 1.82) is 0 Å². The minimum absolute atomic E-state index is 0.0483. The molecule has 5 nitrogen and oxygen atoms in total. The molecule has 2 aromatic carbocycles. The number of amides is 1. The van der Waals surface area contributed by atoms with Crippen molar-refractivity contribution >= 4 is 11.6 Å². The number of alkyl halides is 3. The van der Waals surface area contributed by atoms with Crippen molar-refractivity contribution in [3.8, 4) is 0 Å². The summed E-state index contributed by atoms with van der Waals surface area (Å²) in [7, 11) is 0. The highest BCUT2D eigenvalue weighted by atomic mass is 19.4. The molecule has 166 valence electrons. The molecule has 0 spiro atoms. The second kappa shape index (κ2) is 10.5. The molecule has 2 N–H and O–H groups in total. The first-order valence-electron chi connectivity index (χ1n) is 10.0. The average Bonchev–Trinajstić information content (AvgIpc) is 2.77. The molecule has 0 saturated carbocycles. The van der Waals surface area contributed by atoms with E-state index in [0.717, 1.165) is 12.1 Å². The van der Waals surface area contributed by atoms with Crippen LogP contribution in [0.15, 0.2) is 66.4 Å². The van der Waals surface area contributed by atoms with Crippen LogP contribution >= 0.6 is 0 Å². The van der Waals surface area contributed by atoms with Gasteiger partial charge < -0.3 is 19.9 Å². The topological polar surface area (TPSA) is 67.8 Å². The predicted octanol–water partition coefficient (Wildman–Crippen LogP) is 4.85. The van der Waals surface area contributed by atoms with E-state index in [9.17, 15) is 18.0 Å². The van der Waals surface area contributed by atoms with Crippen molar-refractivity contribution in [3.63, 3.8) is 0 Å². The van der Waals surface area contributed by atoms with E-state index in [4.69, 9.17) is 14.6 Å². The summed E-state index contributed by atoms with van der Waals surface area (Å²) in [6.45, 7) is 0.381. The highest BCUT2D eigenvalue weighted by Crippen LogP contribution is 2.34. The molecule has 1 amide bonds. The molecule has 1 aliphatic rings. The number of hydrogen-bond acceptors (Lipinski definition) is 4. The van der Waals surface area contributed by atoms with E-state index in [1.54, 1.807) is 30.3 Å². The molecule has 2 atom stereocenters. The van der Waals surface area contributed by atoms with Crippen molar-refractivity contribution < 1.29 is 32.5 Å². The zero-order valence-electron chi connectivity index (χ0n) is 16.8. The standard InChI is InChI=1S/C23H24F3NO4/c24-23(25,26)18-10-8-16(9-11-18)17-14-20(22(29)27-19-6-2-1-3-7-19)31-21(15-17)30-13-5-4-12-28/h1-3,6-11,14,17,21,28H,4-5,12-13,15H2,(H,27,29)/t17-,21+/m1/s1. The summed E-state index contributed by atoms with van der Waals surface area (Å²) in [6, 6.07) is 13.7. The lowest BCUT2D eigenvalue weighted by Gasteiger charge is -2.29. The van der Waals surface area contributed by atoms with Crippen molar-refractivity contribution in [2.75, 3.05) is 18.5 Å². The van der Waals surface area contributed by atoms with Gasteiger partial charge in [0.15, 0.2) is 5.76 Å². The number of unbranched alkanes of at least 4 members (excludes halogenated alkanes) is 1. The molecule has 31 heavy (non-hydrogen) atoms. The number of aliphatic hydroxyl groups excluding tert-OH is 1. The van der Waals surface area contributed by atoms with E-state index in [1.165, 1.54) is 12.1 Å². The zero-order valence-corrected chi connectivity index (χ0v) is 16.8. The lowest BCUT2D eigenvalue weighted by atomic mass is 9.92. The second-order valence-corrected chi connectivity index (χ2v) is 7.16. The Balaban J connectivity index is 1.78. The van der Waals surface area contributed by atoms with Gasteiger partial charge in [-0.05, 0) is 48.7 Å². The fraction of sp³-hybridized carbons (Fsp3) is 0.348. The number of carbonyl (C=O) groups is 1. The van der Waals surface area contributed by atoms with Crippen LogP contribution in [0, 0.1) is 0 Å². The first-order valence-corrected chi connectivity index (χ1v) is 10.0. The van der Waals surface area contributed by atoms with E-state index in [2.05, 4.69) is 5.32 Å². The third kappa shape index (κ3) is 6.57. The number of anilines is 1. The third-order valence-corrected chi connectivity index (χ3v) is 4.84. The van der Waals surface area contributed by atoms with Gasteiger partial charge in [0.2, 0.25) is 6.29 Å². The number of aliphatic hydroxyl groups is 1. The van der Waals surface area contributed by atoms with E-state index < -0.39 is 23.9 Å². The number of benzene rings is 2. The Kier molecular flexibility index (Phi) is 7.70. The van der Waals surface area contributed by atoms with Crippen LogP contribution in [0.3, 0.4) is 0 Å². The van der Waals surface area contributed by atoms with Crippen molar-refractivity contribution in [1.82, 2.24) is 0 Å². The molecule has 0 aliphatic carbocycles. The normalized spacial score (nSPS) is 18.8. The van der Waals surface area contributed by atoms with Crippen LogP contribution in [-0.4, -0.2) is 30.5 Å². The fourth-order valence-electron chi connectivity index (χ4n) is 3.21. The van der Waals surface area contributed by atoms with Gasteiger partial charge in [-0.1, -0.05) is 30.3 Å². The van der Waals surface area contributed by atoms with Gasteiger partial charge in [0.05, 0.1) is 12.2 Å². The number of halogens is 3. The number of para-hydroxylation sites is 1. The average molecular weight is 435 g/mol. The van der Waals surface area contributed by atoms with Crippen molar-refractivity contribution in [2.24, 2.45) is 0 Å². The molecule has 0 fully saturated rings. The summed E-state index contributed by atoms with van der Waals surface area (Å²) in [4.78, 5) is 12.7. The van der Waals surface area contributed by atoms with Crippen LogP contribution in [0.1, 0.15) is 36.3 Å². The second-order valence-electron chi connectivity index (χ2n) is 7.16. The highest BCUT2D eigenvalue weighted by molar-refractivity contribution is 6.02. The van der Waals surface area contributed by atoms with Crippen LogP contribution in [0.4, 0.5) is 18.9 Å². The van der Waals surface area contributed by atoms with Gasteiger partial charge in [-0.2, -0.15) is 13.2 Å². The molecule has 8 heteroatoms. The Hall–Kier alpha value is -2.84. The number of nitrogens with one attached hydrogen (secondary N) is 1. The maximum Gasteiger partial charge on any atom is 0.416 e. The zero-order chi connectivity index (χ0) is 22.3. The summed E-state index contributed by atoms with van der Waals surface area (Å²) in [6.07, 6.45) is -1.99. The van der Waals surface area contributed by atoms with E-state index in [-0.39, 0.29) is 18.3 Å². The maximum atomic E-state index is 12.9. The van der Waals surface area contributed by atoms with Crippen LogP contribution in [0.5, 0.6) is 0 Å². The van der Waals surface area contributed by atoms with Gasteiger partial charge in [-0.3, -0.25) is 4.79 Å². The van der Waals surface area contributed by atoms with Crippen LogP contribution in [0.2, 0.25) is 0 Å². The number of hydrogen-bond donors (Lipinski definition) is 2. The maximum absolute atomic E-state index is 12.9. The molecule has 1 heterocycles. The van der Waals surface area contributed by atoms with E-state index in [0.29, 0.717) is 37.1 Å². The van der Waals surface area contributed by atoms with Crippen LogP contribution < -0.4 is 5.32 Å². The van der Waals surface area contributed by atoms with Crippen molar-refractivity contribution in [2.45, 2.75) is 37.6 Å². The lowest BCUT2D eigenvalue weighted by molar-refractivity contribution is -0.143. The predicted molar refractivity (Wildman–Crippen MR) is 109 cm³/mol. The highest BCUT2D eigenvalue weighted by Gasteiger charge is 2.32. The summed E-state index contributed by atoms with van der Waals surface area (Å²) < 4.78 is 50.1. The Labute approximate surface area is 178 Å². The SMILES string of the molecule is O=C(Nc1ccccc1)C1=C[C@@H](c2ccc(C(F)(F)F)cc2)C[C@@H](OCCCCO)O1. The molecule has 2 aromatic rings. The molecule has 0 aromatic heterocycles. The molecule has 0 radical (unpaired) electrons. The first kappa shape index (κ1) is 22.8. The molecule has 0 bridgehead atoms. The molecular formula is C23H24F3NO4. The molecule has 3 rings (SSSR count). The summed E-state index contributed by atoms with van der Waals surface area (Å²) >= 11 is 0. The third-order valence-electron chi connectivity index (χ3n) is 4.84. The molecule has 0 saturated heterocycles. The van der Waals surface area contributed by atoms with Gasteiger partial charge >= 0.3 is 6.18 Å². The van der Waals surface area contributed by atoms with Gasteiger partial charge in [0.1, 0.15) is 0 Å². The number of ether oxygens (including phenoxy) is 2. The Morgan fingerprint density at radius 2 is 1.81 bits per heavy atom. The van der Waals surface area contributed by atoms with Gasteiger partial charge in [0.25, 0.3) is 5.91 Å². The molecule has 1 aliphatic heterocycles. The van der Waals surface area contributed by atoms with Crippen LogP contribution in [-0.2, 0) is 20.4 Å². The fourth-order valence-corrected chi connectivity index (χ4v) is 3.21. The van der Waals surface area contributed by atoms with Crippen LogP contribution in [0.25, 0.3) is 0 Å². The van der Waals surface area contributed by atoms with Gasteiger partial charge in [0, 0.05) is 24.6 Å². The Morgan fingerprint density at radius 3 is 2.45 bits per heavy atom. The first-order chi connectivity index (χ1) is 14.9. The van der Waals surface area contributed by atoms with E-state index in [1.807, 2.05) is 6.07 Å². The number of rotatable bonds is 8. The van der Waals surface area contributed by atoms with E-state index >= 15 is 0 Å². The smallest absolute Gasteiger partial charge is 0.416 e. The Morgan fingerprint density at radius 1 is 1.10 bits per heavy atom. The monoisotopic (exact) mass is 435 g/mol. The number of carbonyl (C=O) groups excluding carboxylic acids is 1. The minimum Gasteiger partial charge on any atom is -0.459 e. The lowest BCUT2D eigenvalue weighted by Crippen LogP contribution is -2.29. The largest absolute Gasteiger partial charge is 0.459 e. The number of allylic oxidation sites excluding steroid dienone is 1. The Bertz CT molecular complexity index is 882. The quantitative estimate of drug-likeness (QED) is 0.582. The summed E-state index contributed by atoms with van der Waals surface area (Å²) in [5, 5.41) is 11.6. The minimum atomic E-state index is -4.41. The molecular weight excluding hydrogens is 411 g/mol. The molecule has 0 unspecified atom stereocenters. The van der Waals surface area contributed by atoms with Crippen molar-refractivity contribution in [3.05, 3.63) is 77.6 Å². The summed E-state index contributed by atoms with van der Waals surface area (Å²) in [5.74, 6) is -0.769. The summed E-state index contributed by atoms with van der Waals surface area (Å²) in [5.41, 5.74) is 0.491. The van der Waals surface area contributed by atoms with Gasteiger partial charge in [-0.25, -0.2) is 0 Å². The van der Waals surface area contributed by atoms with Gasteiger partial charge in [-0.15, -0.1) is 0 Å².